The zero-order valence-corrected chi connectivity index (χ0v) is 17.4. The van der Waals surface area contributed by atoms with E-state index in [1.54, 1.807) is 12.1 Å². The van der Waals surface area contributed by atoms with Gasteiger partial charge in [0, 0.05) is 14.1 Å². The fourth-order valence-corrected chi connectivity index (χ4v) is 4.07. The van der Waals surface area contributed by atoms with E-state index in [0.717, 1.165) is 27.9 Å². The van der Waals surface area contributed by atoms with Crippen LogP contribution in [-0.2, 0) is 10.0 Å². The van der Waals surface area contributed by atoms with Crippen LogP contribution in [0.2, 0.25) is 5.02 Å². The van der Waals surface area contributed by atoms with Crippen molar-refractivity contribution in [2.75, 3.05) is 25.8 Å². The Balaban J connectivity index is 1.90. The van der Waals surface area contributed by atoms with Gasteiger partial charge in [0.1, 0.15) is 0 Å². The van der Waals surface area contributed by atoms with Gasteiger partial charge in [0.2, 0.25) is 16.8 Å². The van der Waals surface area contributed by atoms with Gasteiger partial charge in [0.25, 0.3) is 0 Å². The SMILES string of the molecule is CN(C)c1cc(-c2cc3c(cc2-c2ccc(S(N)(=O)=O)cc2)OCO3)ccc1Cl. The maximum atomic E-state index is 11.6. The second-order valence-corrected chi connectivity index (χ2v) is 8.85. The molecular weight excluding hydrogens is 412 g/mol. The summed E-state index contributed by atoms with van der Waals surface area (Å²) in [5, 5.41) is 5.87. The van der Waals surface area contributed by atoms with Gasteiger partial charge in [-0.05, 0) is 58.7 Å². The first-order valence-corrected chi connectivity index (χ1v) is 10.7. The van der Waals surface area contributed by atoms with Crippen LogP contribution in [-0.4, -0.2) is 29.3 Å². The van der Waals surface area contributed by atoms with Crippen molar-refractivity contribution in [3.63, 3.8) is 0 Å². The molecule has 0 bridgehead atoms. The lowest BCUT2D eigenvalue weighted by molar-refractivity contribution is 0.174. The molecule has 4 rings (SSSR count). The molecule has 2 N–H and O–H groups in total. The molecule has 3 aromatic rings. The molecule has 0 radical (unpaired) electrons. The van der Waals surface area contributed by atoms with E-state index in [1.807, 2.05) is 49.3 Å². The number of hydrogen-bond acceptors (Lipinski definition) is 5. The number of rotatable bonds is 4. The molecule has 0 saturated carbocycles. The Morgan fingerprint density at radius 3 is 2.00 bits per heavy atom. The number of sulfonamides is 1. The zero-order valence-electron chi connectivity index (χ0n) is 15.8. The molecule has 3 aromatic carbocycles. The Hall–Kier alpha value is -2.74. The maximum absolute atomic E-state index is 11.6. The molecule has 1 heterocycles. The van der Waals surface area contributed by atoms with Crippen molar-refractivity contribution >= 4 is 27.3 Å². The van der Waals surface area contributed by atoms with E-state index < -0.39 is 10.0 Å². The van der Waals surface area contributed by atoms with Crippen molar-refractivity contribution in [3.05, 3.63) is 59.6 Å². The molecular formula is C21H19ClN2O4S. The minimum atomic E-state index is -3.76. The van der Waals surface area contributed by atoms with Gasteiger partial charge in [0.05, 0.1) is 15.6 Å². The van der Waals surface area contributed by atoms with Crippen LogP contribution >= 0.6 is 11.6 Å². The molecule has 0 aromatic heterocycles. The third-order valence-electron chi connectivity index (χ3n) is 4.75. The van der Waals surface area contributed by atoms with Crippen molar-refractivity contribution in [2.24, 2.45) is 5.14 Å². The van der Waals surface area contributed by atoms with Crippen LogP contribution < -0.4 is 19.5 Å². The molecule has 0 fully saturated rings. The topological polar surface area (TPSA) is 81.9 Å². The fourth-order valence-electron chi connectivity index (χ4n) is 3.27. The Labute approximate surface area is 174 Å². The quantitative estimate of drug-likeness (QED) is 0.673. The van der Waals surface area contributed by atoms with Gasteiger partial charge in [-0.15, -0.1) is 0 Å². The van der Waals surface area contributed by atoms with Crippen LogP contribution in [0.5, 0.6) is 11.5 Å². The van der Waals surface area contributed by atoms with Crippen molar-refractivity contribution in [1.29, 1.82) is 0 Å². The summed E-state index contributed by atoms with van der Waals surface area (Å²) in [6.07, 6.45) is 0. The van der Waals surface area contributed by atoms with Crippen LogP contribution in [0.1, 0.15) is 0 Å². The Morgan fingerprint density at radius 2 is 1.45 bits per heavy atom. The van der Waals surface area contributed by atoms with Crippen molar-refractivity contribution in [2.45, 2.75) is 4.90 Å². The van der Waals surface area contributed by atoms with E-state index in [4.69, 9.17) is 26.2 Å². The minimum absolute atomic E-state index is 0.0601. The van der Waals surface area contributed by atoms with E-state index >= 15 is 0 Å². The number of fused-ring (bicyclic) bond motifs is 1. The van der Waals surface area contributed by atoms with Gasteiger partial charge in [-0.1, -0.05) is 29.8 Å². The lowest BCUT2D eigenvalue weighted by Gasteiger charge is -2.18. The number of nitrogens with two attached hydrogens (primary N) is 1. The number of primary sulfonamides is 1. The number of nitrogens with zero attached hydrogens (tertiary/aromatic N) is 1. The second kappa shape index (κ2) is 7.26. The third kappa shape index (κ3) is 3.76. The smallest absolute Gasteiger partial charge is 0.238 e. The number of ether oxygens (including phenoxy) is 2. The monoisotopic (exact) mass is 430 g/mol. The molecule has 150 valence electrons. The predicted molar refractivity (Wildman–Crippen MR) is 114 cm³/mol. The summed E-state index contributed by atoms with van der Waals surface area (Å²) < 4.78 is 34.3. The number of hydrogen-bond donors (Lipinski definition) is 1. The highest BCUT2D eigenvalue weighted by Gasteiger charge is 2.20. The normalized spacial score (nSPS) is 12.8. The van der Waals surface area contributed by atoms with Gasteiger partial charge in [0.15, 0.2) is 11.5 Å². The summed E-state index contributed by atoms with van der Waals surface area (Å²) in [5.74, 6) is 1.30. The molecule has 8 heteroatoms. The largest absolute Gasteiger partial charge is 0.454 e. The molecule has 29 heavy (non-hydrogen) atoms. The molecule has 0 amide bonds. The first-order chi connectivity index (χ1) is 13.7. The van der Waals surface area contributed by atoms with Crippen LogP contribution in [0.4, 0.5) is 5.69 Å². The Bertz CT molecular complexity index is 1190. The van der Waals surface area contributed by atoms with Crippen molar-refractivity contribution < 1.29 is 17.9 Å². The highest BCUT2D eigenvalue weighted by Crippen LogP contribution is 2.44. The van der Waals surface area contributed by atoms with Crippen molar-refractivity contribution in [1.82, 2.24) is 0 Å². The summed E-state index contributed by atoms with van der Waals surface area (Å²) >= 11 is 6.33. The third-order valence-corrected chi connectivity index (χ3v) is 5.99. The molecule has 6 nitrogen and oxygen atoms in total. The first-order valence-electron chi connectivity index (χ1n) is 8.78. The summed E-state index contributed by atoms with van der Waals surface area (Å²) in [5.41, 5.74) is 4.45. The van der Waals surface area contributed by atoms with E-state index in [2.05, 4.69) is 0 Å². The summed E-state index contributed by atoms with van der Waals surface area (Å²) in [6.45, 7) is 0.159. The summed E-state index contributed by atoms with van der Waals surface area (Å²) in [6, 6.07) is 16.1. The zero-order chi connectivity index (χ0) is 20.8. The van der Waals surface area contributed by atoms with Crippen LogP contribution in [0.25, 0.3) is 22.3 Å². The standard InChI is InChI=1S/C21H19ClN2O4S/c1-24(2)19-9-14(5-8-18(19)22)17-11-21-20(27-12-28-21)10-16(17)13-3-6-15(7-4-13)29(23,25)26/h3-11H,12H2,1-2H3,(H2,23,25,26). The highest BCUT2D eigenvalue weighted by atomic mass is 35.5. The van der Waals surface area contributed by atoms with E-state index in [9.17, 15) is 8.42 Å². The summed E-state index contributed by atoms with van der Waals surface area (Å²) in [4.78, 5) is 2.00. The second-order valence-electron chi connectivity index (χ2n) is 6.88. The van der Waals surface area contributed by atoms with Gasteiger partial charge in [-0.2, -0.15) is 0 Å². The highest BCUT2D eigenvalue weighted by molar-refractivity contribution is 7.89. The van der Waals surface area contributed by atoms with Crippen molar-refractivity contribution in [3.8, 4) is 33.8 Å². The van der Waals surface area contributed by atoms with Crippen LogP contribution in [0.15, 0.2) is 59.5 Å². The molecule has 0 unspecified atom stereocenters. The van der Waals surface area contributed by atoms with Crippen LogP contribution in [0.3, 0.4) is 0 Å². The Kier molecular flexibility index (Phi) is 4.90. The van der Waals surface area contributed by atoms with Gasteiger partial charge in [-0.3, -0.25) is 0 Å². The number of anilines is 1. The molecule has 0 spiro atoms. The van der Waals surface area contributed by atoms with E-state index in [1.165, 1.54) is 12.1 Å². The lowest BCUT2D eigenvalue weighted by Crippen LogP contribution is -2.11. The molecule has 1 aliphatic heterocycles. The summed E-state index contributed by atoms with van der Waals surface area (Å²) in [7, 11) is 0.0978. The number of benzene rings is 3. The average Bonchev–Trinajstić information content (AvgIpc) is 3.14. The molecule has 0 saturated heterocycles. The van der Waals surface area contributed by atoms with Gasteiger partial charge in [-0.25, -0.2) is 13.6 Å². The fraction of sp³-hybridized carbons (Fsp3) is 0.143. The lowest BCUT2D eigenvalue weighted by atomic mass is 9.93. The van der Waals surface area contributed by atoms with Gasteiger partial charge >= 0.3 is 0 Å². The Morgan fingerprint density at radius 1 is 0.897 bits per heavy atom. The van der Waals surface area contributed by atoms with Crippen LogP contribution in [0, 0.1) is 0 Å². The van der Waals surface area contributed by atoms with Gasteiger partial charge < -0.3 is 14.4 Å². The average molecular weight is 431 g/mol. The molecule has 1 aliphatic rings. The maximum Gasteiger partial charge on any atom is 0.238 e. The molecule has 0 aliphatic carbocycles. The molecule has 0 atom stereocenters. The van der Waals surface area contributed by atoms with E-state index in [0.29, 0.717) is 16.5 Å². The van der Waals surface area contributed by atoms with E-state index in [-0.39, 0.29) is 11.7 Å². The predicted octanol–water partition coefficient (Wildman–Crippen LogP) is 4.12. The number of halogens is 1. The minimum Gasteiger partial charge on any atom is -0.454 e. The first kappa shape index (κ1) is 19.6.